The topological polar surface area (TPSA) is 27.7 Å². The molecule has 0 bridgehead atoms. The van der Waals surface area contributed by atoms with Crippen molar-refractivity contribution in [3.8, 4) is 44.9 Å². The minimum Gasteiger partial charge on any atom is -1.00 e. The third-order valence-electron chi connectivity index (χ3n) is 15.3. The van der Waals surface area contributed by atoms with Crippen LogP contribution in [0, 0.1) is 0 Å². The molecule has 6 aromatic carbocycles. The van der Waals surface area contributed by atoms with Crippen molar-refractivity contribution >= 4 is 0 Å². The summed E-state index contributed by atoms with van der Waals surface area (Å²) in [6.45, 7) is 12.2. The van der Waals surface area contributed by atoms with E-state index in [0.29, 0.717) is 61.1 Å². The highest BCUT2D eigenvalue weighted by atomic mass is 79.9. The number of hydrogen-bond acceptors (Lipinski definition) is 3. The van der Waals surface area contributed by atoms with Gasteiger partial charge >= 0.3 is 24.7 Å². The Balaban J connectivity index is 0.00000984. The first-order chi connectivity index (χ1) is 35.6. The molecule has 17 heteroatoms. The fraction of sp³-hybridized carbons (Fsp3) is 0.410. The van der Waals surface area contributed by atoms with Gasteiger partial charge in [0.25, 0.3) is 0 Å². The Hall–Kier alpha value is -5.52. The van der Waals surface area contributed by atoms with Gasteiger partial charge in [0.1, 0.15) is 36.2 Å². The number of likely N-dealkylation sites (N-methyl/N-ethyl adjacent to an activating group) is 1. The van der Waals surface area contributed by atoms with E-state index < -0.39 is 80.6 Å². The number of benzene rings is 6. The summed E-state index contributed by atoms with van der Waals surface area (Å²) < 4.78 is 198. The van der Waals surface area contributed by atoms with Gasteiger partial charge in [-0.05, 0) is 125 Å². The summed E-state index contributed by atoms with van der Waals surface area (Å²) in [7, 11) is 5.94. The van der Waals surface area contributed by atoms with Crippen LogP contribution >= 0.6 is 0 Å². The Morgan fingerprint density at radius 2 is 0.782 bits per heavy atom. The Kier molecular flexibility index (Phi) is 17.6. The average molecular weight is 1170 g/mol. The van der Waals surface area contributed by atoms with Gasteiger partial charge in [-0.1, -0.05) is 102 Å². The van der Waals surface area contributed by atoms with Crippen LogP contribution in [-0.4, -0.2) is 44.5 Å². The van der Waals surface area contributed by atoms with Crippen LogP contribution in [0.1, 0.15) is 117 Å². The molecule has 0 spiro atoms. The highest BCUT2D eigenvalue weighted by Crippen LogP contribution is 2.56. The van der Waals surface area contributed by atoms with Crippen LogP contribution in [0.4, 0.5) is 52.7 Å². The molecule has 0 fully saturated rings. The first-order valence-electron chi connectivity index (χ1n) is 25.1. The average Bonchev–Trinajstić information content (AvgIpc) is 3.66. The molecule has 7 rings (SSSR count). The maximum atomic E-state index is 15.0. The second-order valence-corrected chi connectivity index (χ2v) is 22.5. The Labute approximate surface area is 459 Å². The molecule has 422 valence electrons. The lowest BCUT2D eigenvalue weighted by Gasteiger charge is -2.49. The number of quaternary nitrogens is 1. The molecular formula is C61H64BrF12NO3. The van der Waals surface area contributed by atoms with Crippen LogP contribution in [0.25, 0.3) is 33.4 Å². The van der Waals surface area contributed by atoms with E-state index in [4.69, 9.17) is 14.2 Å². The highest BCUT2D eigenvalue weighted by molar-refractivity contribution is 5.91. The zero-order chi connectivity index (χ0) is 57.1. The Bertz CT molecular complexity index is 2840. The second-order valence-electron chi connectivity index (χ2n) is 22.5. The third kappa shape index (κ3) is 12.7. The van der Waals surface area contributed by atoms with Gasteiger partial charge in [0.2, 0.25) is 0 Å². The number of nitrogens with zero attached hydrogens (tertiary/aromatic N) is 1. The number of rotatable bonds is 13. The van der Waals surface area contributed by atoms with Gasteiger partial charge in [0.05, 0.1) is 43.5 Å². The molecule has 1 heterocycles. The van der Waals surface area contributed by atoms with Crippen molar-refractivity contribution in [3.63, 3.8) is 0 Å². The van der Waals surface area contributed by atoms with Crippen molar-refractivity contribution in [2.75, 3.05) is 28.4 Å². The number of aryl methyl sites for hydroxylation is 2. The number of ether oxygens (including phenoxy) is 3. The molecule has 1 aliphatic rings. The van der Waals surface area contributed by atoms with Crippen molar-refractivity contribution < 1.29 is 88.4 Å². The molecule has 6 aromatic rings. The van der Waals surface area contributed by atoms with Gasteiger partial charge in [-0.3, -0.25) is 0 Å². The predicted octanol–water partition coefficient (Wildman–Crippen LogP) is 14.9. The summed E-state index contributed by atoms with van der Waals surface area (Å²) in [6, 6.07) is 24.6. The van der Waals surface area contributed by atoms with Crippen LogP contribution < -0.4 is 26.5 Å². The van der Waals surface area contributed by atoms with E-state index in [1.807, 2.05) is 74.6 Å². The van der Waals surface area contributed by atoms with Gasteiger partial charge in [-0.15, -0.1) is 0 Å². The SMILES string of the molecule is COc1c(C(C)(C)C)cc2c(c1-c1cc(C(F)(F)F)cc(C(F)(F)F)c1)C[N+](C)([C@@H](C)C(CCc1ccccc1)(CCc1ccccc1)OC)Cc1c-2cc(C(C)(C)C)c(OC)c1-c1cc(C(F)(F)F)cc(C(F)(F)F)c1.[Br-]. The molecule has 78 heavy (non-hydrogen) atoms. The monoisotopic (exact) mass is 1170 g/mol. The normalized spacial score (nSPS) is 14.7. The molecule has 0 saturated carbocycles. The van der Waals surface area contributed by atoms with E-state index in [1.54, 1.807) is 60.8 Å². The Morgan fingerprint density at radius 3 is 1.04 bits per heavy atom. The maximum absolute atomic E-state index is 15.0. The number of alkyl halides is 12. The number of methoxy groups -OCH3 is 3. The second kappa shape index (κ2) is 22.2. The lowest BCUT2D eigenvalue weighted by molar-refractivity contribution is -0.963. The number of hydrogen-bond donors (Lipinski definition) is 0. The lowest BCUT2D eigenvalue weighted by Crippen LogP contribution is -3.00. The number of fused-ring (bicyclic) bond motifs is 3. The van der Waals surface area contributed by atoms with Gasteiger partial charge in [-0.25, -0.2) is 0 Å². The standard InChI is InChI=1S/C61H64F12NO3.BrH/c1-36(57(77-11,24-22-37-18-14-12-15-19-37)25-23-38-20-16-13-17-21-38)74(8)34-47-45(32-49(55(2,3)4)53(75-9)51(47)39-26-41(58(62,63)64)30-42(27-39)59(65,66)67)46-33-50(56(5,6)7)54(76-10)52(48(46)35-74)40-28-43(60(68,69)70)31-44(29-40)61(71,72)73;/h12-21,26-33,36H,22-25,34-35H2,1-11H3;1H/q+1;/p-1/t36-;/m0./s1. The fourth-order valence-corrected chi connectivity index (χ4v) is 11.1. The summed E-state index contributed by atoms with van der Waals surface area (Å²) in [5.41, 5.74) is -6.85. The van der Waals surface area contributed by atoms with Crippen molar-refractivity contribution in [1.82, 2.24) is 0 Å². The minimum atomic E-state index is -5.25. The molecule has 0 saturated heterocycles. The Morgan fingerprint density at radius 1 is 0.474 bits per heavy atom. The summed E-state index contributed by atoms with van der Waals surface area (Å²) in [5.74, 6) is -0.0371. The molecule has 0 aromatic heterocycles. The number of halogens is 13. The van der Waals surface area contributed by atoms with Crippen molar-refractivity contribution in [1.29, 1.82) is 0 Å². The van der Waals surface area contributed by atoms with Crippen LogP contribution in [0.2, 0.25) is 0 Å². The molecule has 1 atom stereocenters. The molecule has 1 aliphatic heterocycles. The van der Waals surface area contributed by atoms with E-state index in [9.17, 15) is 52.7 Å². The quantitative estimate of drug-likeness (QED) is 0.0852. The zero-order valence-corrected chi connectivity index (χ0v) is 46.9. The predicted molar refractivity (Wildman–Crippen MR) is 276 cm³/mol. The largest absolute Gasteiger partial charge is 1.00 e. The summed E-state index contributed by atoms with van der Waals surface area (Å²) in [6.07, 6.45) is -19.3. The zero-order valence-electron chi connectivity index (χ0n) is 45.3. The first kappa shape index (κ1) is 61.7. The molecule has 0 radical (unpaired) electrons. The van der Waals surface area contributed by atoms with Crippen LogP contribution in [0.15, 0.2) is 109 Å². The minimum absolute atomic E-state index is 0. The van der Waals surface area contributed by atoms with Crippen LogP contribution in [-0.2, 0) is 66.2 Å². The fourth-order valence-electron chi connectivity index (χ4n) is 11.1. The van der Waals surface area contributed by atoms with E-state index >= 15 is 0 Å². The van der Waals surface area contributed by atoms with E-state index in [0.717, 1.165) is 11.1 Å². The van der Waals surface area contributed by atoms with E-state index in [1.165, 1.54) is 14.2 Å². The molecule has 0 N–H and O–H groups in total. The third-order valence-corrected chi connectivity index (χ3v) is 15.3. The molecular weight excluding hydrogens is 1100 g/mol. The lowest BCUT2D eigenvalue weighted by atomic mass is 9.76. The summed E-state index contributed by atoms with van der Waals surface area (Å²) >= 11 is 0. The van der Waals surface area contributed by atoms with Crippen molar-refractivity contribution in [2.45, 2.75) is 134 Å². The first-order valence-corrected chi connectivity index (χ1v) is 25.1. The maximum Gasteiger partial charge on any atom is 0.416 e. The van der Waals surface area contributed by atoms with E-state index in [-0.39, 0.29) is 91.6 Å². The van der Waals surface area contributed by atoms with Gasteiger partial charge in [0.15, 0.2) is 0 Å². The van der Waals surface area contributed by atoms with Gasteiger partial charge in [-0.2, -0.15) is 52.7 Å². The van der Waals surface area contributed by atoms with Gasteiger partial charge in [0, 0.05) is 40.5 Å². The van der Waals surface area contributed by atoms with Crippen molar-refractivity contribution in [3.05, 3.63) is 165 Å². The smallest absolute Gasteiger partial charge is 0.416 e. The van der Waals surface area contributed by atoms with Crippen LogP contribution in [0.5, 0.6) is 11.5 Å². The summed E-state index contributed by atoms with van der Waals surface area (Å²) in [5, 5.41) is 0. The van der Waals surface area contributed by atoms with E-state index in [2.05, 4.69) is 0 Å². The highest BCUT2D eigenvalue weighted by Gasteiger charge is 2.51. The van der Waals surface area contributed by atoms with Crippen LogP contribution in [0.3, 0.4) is 0 Å². The molecule has 0 unspecified atom stereocenters. The van der Waals surface area contributed by atoms with Crippen molar-refractivity contribution in [2.24, 2.45) is 0 Å². The molecule has 0 amide bonds. The molecule has 4 nitrogen and oxygen atoms in total. The summed E-state index contributed by atoms with van der Waals surface area (Å²) in [4.78, 5) is 0. The van der Waals surface area contributed by atoms with Gasteiger partial charge < -0.3 is 35.7 Å². The molecule has 0 aliphatic carbocycles.